The van der Waals surface area contributed by atoms with Gasteiger partial charge in [-0.1, -0.05) is 311 Å². The Hall–Kier alpha value is -3.41. The van der Waals surface area contributed by atoms with Crippen molar-refractivity contribution < 1.29 is 28.6 Å². The molecule has 0 saturated heterocycles. The number of rotatable bonds is 62. The number of unbranched alkanes of at least 4 members (excludes halogenated alkanes) is 37. The molecule has 0 saturated carbocycles. The van der Waals surface area contributed by atoms with E-state index in [1.54, 1.807) is 0 Å². The van der Waals surface area contributed by atoms with Crippen LogP contribution in [0.5, 0.6) is 0 Å². The lowest BCUT2D eigenvalue weighted by molar-refractivity contribution is -0.167. The summed E-state index contributed by atoms with van der Waals surface area (Å²) in [5, 5.41) is 0. The van der Waals surface area contributed by atoms with Gasteiger partial charge in [0.25, 0.3) is 0 Å². The van der Waals surface area contributed by atoms with Crippen LogP contribution in [-0.2, 0) is 28.6 Å². The van der Waals surface area contributed by atoms with Crippen molar-refractivity contribution in [3.8, 4) is 0 Å². The highest BCUT2D eigenvalue weighted by Gasteiger charge is 2.19. The average molecular weight is 1100 g/mol. The third-order valence-electron chi connectivity index (χ3n) is 14.9. The molecule has 0 aromatic carbocycles. The van der Waals surface area contributed by atoms with E-state index in [1.807, 2.05) is 0 Å². The minimum Gasteiger partial charge on any atom is -0.462 e. The lowest BCUT2D eigenvalue weighted by Gasteiger charge is -2.18. The molecule has 0 rings (SSSR count). The van der Waals surface area contributed by atoms with Gasteiger partial charge in [0, 0.05) is 19.3 Å². The monoisotopic (exact) mass is 1100 g/mol. The summed E-state index contributed by atoms with van der Waals surface area (Å²) in [5.74, 6) is -0.920. The molecule has 0 radical (unpaired) electrons. The van der Waals surface area contributed by atoms with Crippen molar-refractivity contribution >= 4 is 17.9 Å². The molecule has 0 aliphatic heterocycles. The highest BCUT2D eigenvalue weighted by molar-refractivity contribution is 5.71. The van der Waals surface area contributed by atoms with E-state index in [0.29, 0.717) is 19.3 Å². The van der Waals surface area contributed by atoms with Crippen LogP contribution in [0.25, 0.3) is 0 Å². The summed E-state index contributed by atoms with van der Waals surface area (Å²) in [4.78, 5) is 38.3. The number of ether oxygens (including phenoxy) is 3. The van der Waals surface area contributed by atoms with Gasteiger partial charge in [-0.3, -0.25) is 14.4 Å². The Bertz CT molecular complexity index is 1500. The van der Waals surface area contributed by atoms with Crippen molar-refractivity contribution in [3.63, 3.8) is 0 Å². The SMILES string of the molecule is CC/C=C\C/C=C\C/C=C\C/C=C\C/C=C\C/C=C\CCCCC(=O)OC(COC(=O)CCCCCCCCCCCCC)COC(=O)CCCCCCCCCCCCCCCCCCC/C=C\CCCCCCCCCC. The molecule has 0 aromatic heterocycles. The molecule has 0 spiro atoms. The van der Waals surface area contributed by atoms with Gasteiger partial charge >= 0.3 is 17.9 Å². The van der Waals surface area contributed by atoms with Gasteiger partial charge in [-0.05, 0) is 96.3 Å². The lowest BCUT2D eigenvalue weighted by atomic mass is 10.0. The first-order chi connectivity index (χ1) is 39.0. The third-order valence-corrected chi connectivity index (χ3v) is 14.9. The summed E-state index contributed by atoms with van der Waals surface area (Å²) < 4.78 is 16.9. The number of carbonyl (C=O) groups excluding carboxylic acids is 3. The molecule has 0 aromatic rings. The van der Waals surface area contributed by atoms with Gasteiger partial charge in [-0.2, -0.15) is 0 Å². The molecule has 0 aliphatic rings. The Labute approximate surface area is 490 Å². The molecule has 0 aliphatic carbocycles. The summed E-state index contributed by atoms with van der Waals surface area (Å²) in [7, 11) is 0. The van der Waals surface area contributed by atoms with Gasteiger partial charge < -0.3 is 14.2 Å². The van der Waals surface area contributed by atoms with E-state index in [2.05, 4.69) is 106 Å². The third kappa shape index (κ3) is 65.3. The maximum atomic E-state index is 12.9. The summed E-state index contributed by atoms with van der Waals surface area (Å²) >= 11 is 0. The van der Waals surface area contributed by atoms with E-state index < -0.39 is 6.10 Å². The van der Waals surface area contributed by atoms with Gasteiger partial charge in [0.15, 0.2) is 6.10 Å². The minimum atomic E-state index is -0.798. The molecule has 6 nitrogen and oxygen atoms in total. The van der Waals surface area contributed by atoms with Crippen LogP contribution in [0.3, 0.4) is 0 Å². The zero-order valence-corrected chi connectivity index (χ0v) is 52.4. The molecule has 0 amide bonds. The van der Waals surface area contributed by atoms with E-state index in [1.165, 1.54) is 205 Å². The molecule has 0 heterocycles. The lowest BCUT2D eigenvalue weighted by Crippen LogP contribution is -2.30. The van der Waals surface area contributed by atoms with E-state index in [0.717, 1.165) is 89.9 Å². The number of hydrogen-bond donors (Lipinski definition) is 0. The highest BCUT2D eigenvalue weighted by atomic mass is 16.6. The zero-order chi connectivity index (χ0) is 57.1. The normalized spacial score (nSPS) is 12.6. The molecule has 456 valence electrons. The Kier molecular flexibility index (Phi) is 64.2. The zero-order valence-electron chi connectivity index (χ0n) is 52.4. The molecular weight excluding hydrogens is 973 g/mol. The second kappa shape index (κ2) is 67.1. The highest BCUT2D eigenvalue weighted by Crippen LogP contribution is 2.17. The molecule has 1 atom stereocenters. The summed E-state index contributed by atoms with van der Waals surface area (Å²) in [5.41, 5.74) is 0. The van der Waals surface area contributed by atoms with Crippen LogP contribution >= 0.6 is 0 Å². The van der Waals surface area contributed by atoms with Crippen LogP contribution in [-0.4, -0.2) is 37.2 Å². The molecule has 0 N–H and O–H groups in total. The molecule has 6 heteroatoms. The predicted octanol–water partition coefficient (Wildman–Crippen LogP) is 23.4. The number of hydrogen-bond acceptors (Lipinski definition) is 6. The maximum absolute atomic E-state index is 12.9. The summed E-state index contributed by atoms with van der Waals surface area (Å²) in [6.45, 7) is 6.52. The summed E-state index contributed by atoms with van der Waals surface area (Å²) in [6.07, 6.45) is 89.1. The number of carbonyl (C=O) groups is 3. The standard InChI is InChI=1S/C73H128O6/c1-4-7-10-13-16-19-22-24-26-28-30-32-33-34-35-36-37-38-39-41-42-44-46-48-51-54-57-60-63-66-72(75)78-69-70(68-77-71(74)65-62-59-56-53-50-21-18-15-12-9-6-3)79-73(76)67-64-61-58-55-52-49-47-45-43-40-31-29-27-25-23-20-17-14-11-8-5-2/h8,11,17,20,25,27-28,30-31,40,45,47,52,55,70H,4-7,9-10,12-16,18-19,21-24,26,29,32-39,41-44,46,48-51,53-54,56-69H2,1-3H3/b11-8-,20-17-,27-25-,30-28-,40-31-,47-45-,55-52-. The second-order valence-corrected chi connectivity index (χ2v) is 22.7. The summed E-state index contributed by atoms with van der Waals surface area (Å²) in [6, 6.07) is 0. The fraction of sp³-hybridized carbons (Fsp3) is 0.767. The molecule has 0 fully saturated rings. The maximum Gasteiger partial charge on any atom is 0.306 e. The molecule has 0 bridgehead atoms. The first-order valence-electron chi connectivity index (χ1n) is 34.1. The van der Waals surface area contributed by atoms with E-state index in [-0.39, 0.29) is 37.5 Å². The van der Waals surface area contributed by atoms with Gasteiger partial charge in [-0.15, -0.1) is 0 Å². The molecule has 79 heavy (non-hydrogen) atoms. The first kappa shape index (κ1) is 75.6. The van der Waals surface area contributed by atoms with Crippen LogP contribution in [0.15, 0.2) is 85.1 Å². The van der Waals surface area contributed by atoms with E-state index >= 15 is 0 Å². The number of allylic oxidation sites excluding steroid dienone is 14. The minimum absolute atomic E-state index is 0.0907. The fourth-order valence-corrected chi connectivity index (χ4v) is 9.80. The second-order valence-electron chi connectivity index (χ2n) is 22.7. The fourth-order valence-electron chi connectivity index (χ4n) is 9.80. The molecular formula is C73H128O6. The first-order valence-corrected chi connectivity index (χ1v) is 34.1. The van der Waals surface area contributed by atoms with Gasteiger partial charge in [0.05, 0.1) is 0 Å². The van der Waals surface area contributed by atoms with Crippen molar-refractivity contribution in [3.05, 3.63) is 85.1 Å². The van der Waals surface area contributed by atoms with Gasteiger partial charge in [0.2, 0.25) is 0 Å². The van der Waals surface area contributed by atoms with Crippen LogP contribution in [0.4, 0.5) is 0 Å². The van der Waals surface area contributed by atoms with Gasteiger partial charge in [0.1, 0.15) is 13.2 Å². The largest absolute Gasteiger partial charge is 0.462 e. The Balaban J connectivity index is 4.25. The predicted molar refractivity (Wildman–Crippen MR) is 344 cm³/mol. The smallest absolute Gasteiger partial charge is 0.306 e. The van der Waals surface area contributed by atoms with Crippen molar-refractivity contribution in [2.75, 3.05) is 13.2 Å². The van der Waals surface area contributed by atoms with Crippen molar-refractivity contribution in [1.29, 1.82) is 0 Å². The molecule has 1 unspecified atom stereocenters. The Morgan fingerprint density at radius 1 is 0.266 bits per heavy atom. The van der Waals surface area contributed by atoms with E-state index in [9.17, 15) is 14.4 Å². The van der Waals surface area contributed by atoms with Crippen LogP contribution in [0.2, 0.25) is 0 Å². The average Bonchev–Trinajstić information content (AvgIpc) is 3.45. The quantitative estimate of drug-likeness (QED) is 0.0261. The topological polar surface area (TPSA) is 78.9 Å². The Morgan fingerprint density at radius 3 is 0.810 bits per heavy atom. The number of esters is 3. The van der Waals surface area contributed by atoms with Crippen LogP contribution in [0.1, 0.15) is 342 Å². The van der Waals surface area contributed by atoms with Gasteiger partial charge in [-0.25, -0.2) is 0 Å². The van der Waals surface area contributed by atoms with E-state index in [4.69, 9.17) is 14.2 Å². The van der Waals surface area contributed by atoms with Crippen LogP contribution in [0, 0.1) is 0 Å². The van der Waals surface area contributed by atoms with Crippen molar-refractivity contribution in [2.24, 2.45) is 0 Å². The van der Waals surface area contributed by atoms with Crippen LogP contribution < -0.4 is 0 Å². The van der Waals surface area contributed by atoms with Crippen molar-refractivity contribution in [1.82, 2.24) is 0 Å². The van der Waals surface area contributed by atoms with Crippen molar-refractivity contribution in [2.45, 2.75) is 348 Å². The Morgan fingerprint density at radius 2 is 0.494 bits per heavy atom.